The number of fused-ring (bicyclic) bond motifs is 5. The molecule has 0 saturated heterocycles. The summed E-state index contributed by atoms with van der Waals surface area (Å²) >= 11 is 0. The largest absolute Gasteiger partial charge is 0.508 e. The first-order valence-corrected chi connectivity index (χ1v) is 6.96. The van der Waals surface area contributed by atoms with Gasteiger partial charge in [0.05, 0.1) is 6.10 Å². The van der Waals surface area contributed by atoms with E-state index in [0.717, 1.165) is 32.7 Å². The summed E-state index contributed by atoms with van der Waals surface area (Å²) in [5, 5.41) is 23.8. The molecule has 0 aliphatic heterocycles. The molecule has 1 atom stereocenters. The van der Waals surface area contributed by atoms with E-state index in [4.69, 9.17) is 0 Å². The molecule has 0 aromatic heterocycles. The SMILES string of the molecule is Cc1cc2c(c3ccc4ccc(O)cc4c13)C(O)CC2=O. The number of phenolic OH excluding ortho intramolecular Hbond substituents is 1. The minimum absolute atomic E-state index is 0.00138. The molecule has 2 N–H and O–H groups in total. The van der Waals surface area contributed by atoms with E-state index in [2.05, 4.69) is 0 Å². The summed E-state index contributed by atoms with van der Waals surface area (Å²) in [7, 11) is 0. The zero-order valence-corrected chi connectivity index (χ0v) is 11.6. The maximum atomic E-state index is 12.0. The third kappa shape index (κ3) is 1.61. The van der Waals surface area contributed by atoms with Crippen LogP contribution in [-0.2, 0) is 0 Å². The van der Waals surface area contributed by atoms with Gasteiger partial charge in [-0.15, -0.1) is 0 Å². The standard InChI is InChI=1S/C18H14O3/c1-9-6-14-15(20)8-16(21)18(14)12-5-3-10-2-4-11(19)7-13(10)17(9)12/h2-7,16,19,21H,8H2,1H3. The monoisotopic (exact) mass is 278 g/mol. The lowest BCUT2D eigenvalue weighted by atomic mass is 9.92. The molecule has 1 unspecified atom stereocenters. The minimum Gasteiger partial charge on any atom is -0.508 e. The Morgan fingerprint density at radius 2 is 1.86 bits per heavy atom. The Kier molecular flexibility index (Phi) is 2.39. The van der Waals surface area contributed by atoms with Gasteiger partial charge in [0.2, 0.25) is 0 Å². The van der Waals surface area contributed by atoms with E-state index in [-0.39, 0.29) is 18.0 Å². The van der Waals surface area contributed by atoms with Gasteiger partial charge in [0.25, 0.3) is 0 Å². The van der Waals surface area contributed by atoms with Crippen molar-refractivity contribution in [3.63, 3.8) is 0 Å². The van der Waals surface area contributed by atoms with Crippen LogP contribution in [0.5, 0.6) is 5.75 Å². The number of ketones is 1. The summed E-state index contributed by atoms with van der Waals surface area (Å²) in [5.41, 5.74) is 2.35. The van der Waals surface area contributed by atoms with Gasteiger partial charge >= 0.3 is 0 Å². The lowest BCUT2D eigenvalue weighted by molar-refractivity contribution is 0.0930. The fourth-order valence-corrected chi connectivity index (χ4v) is 3.45. The molecule has 0 bridgehead atoms. The summed E-state index contributed by atoms with van der Waals surface area (Å²) in [5.74, 6) is 0.213. The van der Waals surface area contributed by atoms with Crippen LogP contribution < -0.4 is 0 Å². The fraction of sp³-hybridized carbons (Fsp3) is 0.167. The highest BCUT2D eigenvalue weighted by Crippen LogP contribution is 2.41. The van der Waals surface area contributed by atoms with E-state index in [1.165, 1.54) is 0 Å². The van der Waals surface area contributed by atoms with E-state index in [0.29, 0.717) is 5.56 Å². The van der Waals surface area contributed by atoms with Crippen LogP contribution in [0.15, 0.2) is 36.4 Å². The van der Waals surface area contributed by atoms with Gasteiger partial charge in [-0.25, -0.2) is 0 Å². The third-order valence-electron chi connectivity index (χ3n) is 4.35. The zero-order valence-electron chi connectivity index (χ0n) is 11.6. The van der Waals surface area contributed by atoms with Crippen molar-refractivity contribution in [3.8, 4) is 5.75 Å². The Morgan fingerprint density at radius 3 is 2.67 bits per heavy atom. The number of hydrogen-bond donors (Lipinski definition) is 2. The van der Waals surface area contributed by atoms with Crippen molar-refractivity contribution in [2.45, 2.75) is 19.4 Å². The maximum absolute atomic E-state index is 12.0. The predicted molar refractivity (Wildman–Crippen MR) is 81.8 cm³/mol. The Balaban J connectivity index is 2.24. The third-order valence-corrected chi connectivity index (χ3v) is 4.35. The average Bonchev–Trinajstić information content (AvgIpc) is 2.73. The number of hydrogen-bond acceptors (Lipinski definition) is 3. The van der Waals surface area contributed by atoms with Crippen molar-refractivity contribution >= 4 is 27.3 Å². The van der Waals surface area contributed by atoms with Crippen molar-refractivity contribution in [2.75, 3.05) is 0 Å². The second-order valence-electron chi connectivity index (χ2n) is 5.69. The van der Waals surface area contributed by atoms with E-state index >= 15 is 0 Å². The highest BCUT2D eigenvalue weighted by molar-refractivity contribution is 6.15. The van der Waals surface area contributed by atoms with Gasteiger partial charge < -0.3 is 10.2 Å². The van der Waals surface area contributed by atoms with Crippen LogP contribution in [0.1, 0.15) is 34.0 Å². The van der Waals surface area contributed by atoms with Gasteiger partial charge in [0.15, 0.2) is 5.78 Å². The van der Waals surface area contributed by atoms with Crippen molar-refractivity contribution in [3.05, 3.63) is 53.1 Å². The van der Waals surface area contributed by atoms with Gasteiger partial charge in [-0.1, -0.05) is 18.2 Å². The molecule has 4 rings (SSSR count). The number of aliphatic hydroxyl groups excluding tert-OH is 1. The van der Waals surface area contributed by atoms with Crippen molar-refractivity contribution in [2.24, 2.45) is 0 Å². The van der Waals surface area contributed by atoms with Gasteiger partial charge in [-0.3, -0.25) is 4.79 Å². The summed E-state index contributed by atoms with van der Waals surface area (Å²) in [6, 6.07) is 11.1. The molecule has 0 saturated carbocycles. The molecule has 0 fully saturated rings. The Bertz CT molecular complexity index is 925. The molecule has 0 spiro atoms. The number of carbonyl (C=O) groups is 1. The number of aliphatic hydroxyl groups is 1. The molecular formula is C18H14O3. The topological polar surface area (TPSA) is 57.5 Å². The Morgan fingerprint density at radius 1 is 1.10 bits per heavy atom. The highest BCUT2D eigenvalue weighted by Gasteiger charge is 2.30. The number of rotatable bonds is 0. The molecular weight excluding hydrogens is 264 g/mol. The van der Waals surface area contributed by atoms with Crippen molar-refractivity contribution in [1.29, 1.82) is 0 Å². The Hall–Kier alpha value is -2.39. The summed E-state index contributed by atoms with van der Waals surface area (Å²) in [4.78, 5) is 12.0. The van der Waals surface area contributed by atoms with E-state index in [1.54, 1.807) is 12.1 Å². The van der Waals surface area contributed by atoms with Crippen molar-refractivity contribution in [1.82, 2.24) is 0 Å². The van der Waals surface area contributed by atoms with Crippen LogP contribution in [0.25, 0.3) is 21.5 Å². The number of carbonyl (C=O) groups excluding carboxylic acids is 1. The van der Waals surface area contributed by atoms with E-state index in [1.807, 2.05) is 31.2 Å². The van der Waals surface area contributed by atoms with Crippen LogP contribution in [0, 0.1) is 6.92 Å². The van der Waals surface area contributed by atoms with E-state index < -0.39 is 6.10 Å². The molecule has 3 nitrogen and oxygen atoms in total. The summed E-state index contributed by atoms with van der Waals surface area (Å²) < 4.78 is 0. The lowest BCUT2D eigenvalue weighted by Crippen LogP contribution is -1.95. The average molecular weight is 278 g/mol. The molecule has 1 aliphatic carbocycles. The van der Waals surface area contributed by atoms with Gasteiger partial charge in [-0.2, -0.15) is 0 Å². The molecule has 3 aromatic rings. The summed E-state index contributed by atoms with van der Waals surface area (Å²) in [6.07, 6.45) is -0.572. The smallest absolute Gasteiger partial charge is 0.166 e. The first-order valence-electron chi connectivity index (χ1n) is 6.96. The normalized spacial score (nSPS) is 17.6. The number of phenols is 1. The quantitative estimate of drug-likeness (QED) is 0.617. The highest BCUT2D eigenvalue weighted by atomic mass is 16.3. The molecule has 3 aromatic carbocycles. The molecule has 0 heterocycles. The lowest BCUT2D eigenvalue weighted by Gasteiger charge is -2.13. The molecule has 21 heavy (non-hydrogen) atoms. The van der Waals surface area contributed by atoms with Gasteiger partial charge in [0.1, 0.15) is 5.75 Å². The first-order chi connectivity index (χ1) is 10.1. The second kappa shape index (κ2) is 4.06. The Labute approximate surface area is 121 Å². The fourth-order valence-electron chi connectivity index (χ4n) is 3.45. The number of benzene rings is 3. The van der Waals surface area contributed by atoms with Crippen LogP contribution in [0.3, 0.4) is 0 Å². The molecule has 3 heteroatoms. The predicted octanol–water partition coefficient (Wildman–Crippen LogP) is 3.63. The maximum Gasteiger partial charge on any atom is 0.166 e. The number of aryl methyl sites for hydroxylation is 1. The molecule has 0 amide bonds. The zero-order chi connectivity index (χ0) is 14.7. The number of aromatic hydroxyl groups is 1. The van der Waals surface area contributed by atoms with Gasteiger partial charge in [-0.05, 0) is 57.8 Å². The molecule has 104 valence electrons. The van der Waals surface area contributed by atoms with Gasteiger partial charge in [0, 0.05) is 12.0 Å². The van der Waals surface area contributed by atoms with Crippen LogP contribution in [-0.4, -0.2) is 16.0 Å². The van der Waals surface area contributed by atoms with Crippen LogP contribution >= 0.6 is 0 Å². The first kappa shape index (κ1) is 12.4. The van der Waals surface area contributed by atoms with E-state index in [9.17, 15) is 15.0 Å². The molecule has 1 aliphatic rings. The second-order valence-corrected chi connectivity index (χ2v) is 5.69. The van der Waals surface area contributed by atoms with Crippen LogP contribution in [0.4, 0.5) is 0 Å². The van der Waals surface area contributed by atoms with Crippen molar-refractivity contribution < 1.29 is 15.0 Å². The summed E-state index contributed by atoms with van der Waals surface area (Å²) in [6.45, 7) is 1.96. The molecule has 0 radical (unpaired) electrons. The minimum atomic E-state index is -0.731. The van der Waals surface area contributed by atoms with Crippen LogP contribution in [0.2, 0.25) is 0 Å². The number of Topliss-reactive ketones (excluding diaryl/α,β-unsaturated/α-hetero) is 1.